The maximum atomic E-state index is 13.3. The third-order valence-electron chi connectivity index (χ3n) is 6.95. The highest BCUT2D eigenvalue weighted by Crippen LogP contribution is 2.29. The summed E-state index contributed by atoms with van der Waals surface area (Å²) in [5, 5.41) is 13.7. The van der Waals surface area contributed by atoms with Crippen LogP contribution < -0.4 is 11.1 Å². The third-order valence-corrected chi connectivity index (χ3v) is 6.95. The fourth-order valence-electron chi connectivity index (χ4n) is 4.78. The average molecular weight is 577 g/mol. The predicted octanol–water partition coefficient (Wildman–Crippen LogP) is 3.04. The second kappa shape index (κ2) is 16.0. The minimum absolute atomic E-state index is 0. The van der Waals surface area contributed by atoms with Crippen LogP contribution in [0.15, 0.2) is 58.6 Å². The van der Waals surface area contributed by atoms with Gasteiger partial charge in [0.2, 0.25) is 11.6 Å². The van der Waals surface area contributed by atoms with Gasteiger partial charge in [-0.15, -0.1) is 0 Å². The molecule has 0 aromatic rings. The number of carbonyl (C=O) groups excluding carboxylic acids is 4. The van der Waals surface area contributed by atoms with Crippen LogP contribution in [0.5, 0.6) is 0 Å². The van der Waals surface area contributed by atoms with E-state index in [0.717, 1.165) is 6.08 Å². The summed E-state index contributed by atoms with van der Waals surface area (Å²) in [5.41, 5.74) is 6.12. The number of amides is 2. The van der Waals surface area contributed by atoms with E-state index >= 15 is 0 Å². The number of Topliss-reactive ketones (excluding diaryl/α,β-unsaturated/α-hetero) is 1. The molecule has 0 fully saturated rings. The molecule has 1 aliphatic heterocycles. The van der Waals surface area contributed by atoms with Crippen molar-refractivity contribution < 1.29 is 43.2 Å². The van der Waals surface area contributed by atoms with Gasteiger partial charge in [0.05, 0.1) is 25.0 Å². The molecule has 0 aromatic heterocycles. The highest BCUT2D eigenvalue weighted by molar-refractivity contribution is 6.23. The maximum absolute atomic E-state index is 13.3. The van der Waals surface area contributed by atoms with E-state index < -0.39 is 53.9 Å². The van der Waals surface area contributed by atoms with Crippen molar-refractivity contribution in [1.29, 1.82) is 0 Å². The third kappa shape index (κ3) is 9.24. The molecule has 0 radical (unpaired) electrons. The minimum atomic E-state index is -1.00. The summed E-state index contributed by atoms with van der Waals surface area (Å²) in [6.07, 6.45) is 3.61. The zero-order valence-electron chi connectivity index (χ0n) is 24.1. The van der Waals surface area contributed by atoms with Crippen molar-refractivity contribution in [1.82, 2.24) is 5.32 Å². The molecular formula is C30H44N2O9. The molecule has 2 rings (SSSR count). The first-order valence-electron chi connectivity index (χ1n) is 13.0. The van der Waals surface area contributed by atoms with Gasteiger partial charge in [-0.3, -0.25) is 14.4 Å². The Kier molecular flexibility index (Phi) is 13.9. The zero-order chi connectivity index (χ0) is 30.1. The number of nitrogens with one attached hydrogen (secondary N) is 1. The summed E-state index contributed by atoms with van der Waals surface area (Å²) >= 11 is 0. The Bertz CT molecular complexity index is 1150. The summed E-state index contributed by atoms with van der Waals surface area (Å²) in [6.45, 7) is 6.92. The van der Waals surface area contributed by atoms with Crippen LogP contribution in [-0.4, -0.2) is 74.4 Å². The van der Waals surface area contributed by atoms with E-state index in [1.807, 2.05) is 6.92 Å². The molecule has 0 unspecified atom stereocenters. The van der Waals surface area contributed by atoms with Crippen molar-refractivity contribution in [3.05, 3.63) is 58.6 Å². The topological polar surface area (TPSA) is 163 Å². The average Bonchev–Trinajstić information content (AvgIpc) is 2.90. The van der Waals surface area contributed by atoms with Crippen LogP contribution in [0.25, 0.3) is 0 Å². The van der Waals surface area contributed by atoms with E-state index in [4.69, 9.17) is 24.7 Å². The minimum Gasteiger partial charge on any atom is -0.492 e. The van der Waals surface area contributed by atoms with E-state index in [0.29, 0.717) is 12.0 Å². The zero-order valence-corrected chi connectivity index (χ0v) is 24.1. The Balaban J connectivity index is 0.00000840. The van der Waals surface area contributed by atoms with E-state index in [1.165, 1.54) is 34.3 Å². The molecule has 2 amide bonds. The lowest BCUT2D eigenvalue weighted by Gasteiger charge is -2.29. The van der Waals surface area contributed by atoms with Gasteiger partial charge in [0.1, 0.15) is 6.10 Å². The highest BCUT2D eigenvalue weighted by Gasteiger charge is 2.34. The standard InChI is InChI=1S/C29H40N2O9.CH4/c1-15-11-19-25(34)20(14-21(32)27(19)39-7)31-28(35)16(2)9-8-10-22(37-5)26(40-29(30)36)18(4)13-17(3)24(33)23(12-15)38-6;/h8-10,13-15,17,22-24,26,33H,11-12H2,1-7H3,(H2,30,36)(H,31,35);1H4/b10-8-,16-9+,18-13+;/t15-,17+,22+,23+,24-,26+;/m1./s1. The van der Waals surface area contributed by atoms with Gasteiger partial charge >= 0.3 is 6.09 Å². The first-order valence-corrected chi connectivity index (χ1v) is 13.0. The molecule has 1 heterocycles. The van der Waals surface area contributed by atoms with Crippen LogP contribution in [-0.2, 0) is 33.3 Å². The van der Waals surface area contributed by atoms with E-state index in [9.17, 15) is 24.3 Å². The lowest BCUT2D eigenvalue weighted by molar-refractivity contribution is -0.120. The van der Waals surface area contributed by atoms with Gasteiger partial charge in [0.25, 0.3) is 5.91 Å². The fraction of sp³-hybridized carbons (Fsp3) is 0.533. The number of primary amides is 1. The molecule has 0 aromatic carbocycles. The molecule has 11 nitrogen and oxygen atoms in total. The predicted molar refractivity (Wildman–Crippen MR) is 153 cm³/mol. The van der Waals surface area contributed by atoms with Crippen molar-refractivity contribution in [3.8, 4) is 0 Å². The number of nitrogens with two attached hydrogens (primary N) is 1. The number of fused-ring (bicyclic) bond motifs is 2. The Hall–Kier alpha value is -3.54. The van der Waals surface area contributed by atoms with Crippen molar-refractivity contribution in [2.45, 2.75) is 72.4 Å². The van der Waals surface area contributed by atoms with Crippen molar-refractivity contribution in [2.75, 3.05) is 21.3 Å². The molecule has 4 N–H and O–H groups in total. The van der Waals surface area contributed by atoms with Gasteiger partial charge in [-0.25, -0.2) is 4.79 Å². The summed E-state index contributed by atoms with van der Waals surface area (Å²) in [6, 6.07) is 0. The Morgan fingerprint density at radius 3 is 2.32 bits per heavy atom. The highest BCUT2D eigenvalue weighted by atomic mass is 16.6. The van der Waals surface area contributed by atoms with Gasteiger partial charge in [-0.05, 0) is 38.2 Å². The number of allylic oxidation sites excluding steroid dienone is 4. The van der Waals surface area contributed by atoms with E-state index in [2.05, 4.69) is 5.32 Å². The first kappa shape index (κ1) is 35.5. The van der Waals surface area contributed by atoms with Gasteiger partial charge in [-0.2, -0.15) is 0 Å². The molecule has 2 bridgehead atoms. The van der Waals surface area contributed by atoms with Gasteiger partial charge in [-0.1, -0.05) is 45.6 Å². The molecule has 0 spiro atoms. The van der Waals surface area contributed by atoms with E-state index in [1.54, 1.807) is 32.1 Å². The molecule has 11 heteroatoms. The van der Waals surface area contributed by atoms with Crippen LogP contribution in [0.4, 0.5) is 4.79 Å². The molecule has 1 aliphatic carbocycles. The lowest BCUT2D eigenvalue weighted by atomic mass is 9.85. The van der Waals surface area contributed by atoms with Crippen molar-refractivity contribution >= 4 is 23.6 Å². The summed E-state index contributed by atoms with van der Waals surface area (Å²) in [4.78, 5) is 50.6. The summed E-state index contributed by atoms with van der Waals surface area (Å²) in [5.74, 6) is -2.39. The number of aliphatic hydroxyl groups excluding tert-OH is 1. The molecule has 2 aliphatic rings. The molecule has 0 saturated heterocycles. The quantitative estimate of drug-likeness (QED) is 0.337. The van der Waals surface area contributed by atoms with Crippen LogP contribution >= 0.6 is 0 Å². The summed E-state index contributed by atoms with van der Waals surface area (Å²) < 4.78 is 21.7. The SMILES string of the molecule is C.COC1=C2C[C@@H](C)C[C@H](OC)[C@H](O)[C@@H](C)/C=C(\C)[C@H](OC(N)=O)[C@@H](OC)/C=C\C=C(/C)C(=O)NC(=CC1=O)C2=O. The van der Waals surface area contributed by atoms with Crippen LogP contribution in [0.2, 0.25) is 0 Å². The van der Waals surface area contributed by atoms with Crippen molar-refractivity contribution in [3.63, 3.8) is 0 Å². The molecule has 228 valence electrons. The summed E-state index contributed by atoms with van der Waals surface area (Å²) in [7, 11) is 4.21. The van der Waals surface area contributed by atoms with Crippen LogP contribution in [0, 0.1) is 11.8 Å². The van der Waals surface area contributed by atoms with Crippen LogP contribution in [0.3, 0.4) is 0 Å². The Labute approximate surface area is 242 Å². The number of rotatable bonds is 4. The Morgan fingerprint density at radius 2 is 1.76 bits per heavy atom. The van der Waals surface area contributed by atoms with Gasteiger partial charge in [0.15, 0.2) is 11.9 Å². The smallest absolute Gasteiger partial charge is 0.405 e. The lowest BCUT2D eigenvalue weighted by Crippen LogP contribution is -2.37. The van der Waals surface area contributed by atoms with Crippen LogP contribution in [0.1, 0.15) is 48.0 Å². The van der Waals surface area contributed by atoms with Crippen molar-refractivity contribution in [2.24, 2.45) is 17.6 Å². The molecule has 0 saturated carbocycles. The molecule has 41 heavy (non-hydrogen) atoms. The Morgan fingerprint density at radius 1 is 1.10 bits per heavy atom. The number of carbonyl (C=O) groups is 4. The number of hydrogen-bond acceptors (Lipinski definition) is 9. The number of hydrogen-bond donors (Lipinski definition) is 3. The monoisotopic (exact) mass is 576 g/mol. The number of ketones is 2. The van der Waals surface area contributed by atoms with Gasteiger partial charge < -0.3 is 35.1 Å². The van der Waals surface area contributed by atoms with E-state index in [-0.39, 0.29) is 42.4 Å². The second-order valence-corrected chi connectivity index (χ2v) is 10.1. The number of aliphatic hydroxyl groups is 1. The number of ether oxygens (including phenoxy) is 4. The first-order chi connectivity index (χ1) is 18.8. The molecular weight excluding hydrogens is 532 g/mol. The normalized spacial score (nSPS) is 31.9. The van der Waals surface area contributed by atoms with Gasteiger partial charge in [0, 0.05) is 37.4 Å². The number of methoxy groups -OCH3 is 3. The fourth-order valence-corrected chi connectivity index (χ4v) is 4.78. The largest absolute Gasteiger partial charge is 0.492 e. The molecule has 6 atom stereocenters. The second-order valence-electron chi connectivity index (χ2n) is 10.1. The maximum Gasteiger partial charge on any atom is 0.405 e.